The monoisotopic (exact) mass is 369 g/mol. The van der Waals surface area contributed by atoms with Crippen molar-refractivity contribution in [3.63, 3.8) is 0 Å². The second-order valence-electron chi connectivity index (χ2n) is 4.67. The minimum absolute atomic E-state index is 0.127. The van der Waals surface area contributed by atoms with Crippen LogP contribution in [0.25, 0.3) is 0 Å². The summed E-state index contributed by atoms with van der Waals surface area (Å²) in [6.45, 7) is 1.96. The zero-order chi connectivity index (χ0) is 15.5. The molecule has 6 heteroatoms. The maximum atomic E-state index is 12.4. The Kier molecular flexibility index (Phi) is 5.16. The molecule has 0 saturated carbocycles. The summed E-state index contributed by atoms with van der Waals surface area (Å²) in [6.07, 6.45) is 0. The van der Waals surface area contributed by atoms with Gasteiger partial charge in [0.25, 0.3) is 0 Å². The Morgan fingerprint density at radius 1 is 1.19 bits per heavy atom. The average Bonchev–Trinajstić information content (AvgIpc) is 2.47. The number of aliphatic hydroxyl groups excluding tert-OH is 1. The first-order valence-electron chi connectivity index (χ1n) is 6.37. The fourth-order valence-corrected chi connectivity index (χ4v) is 3.93. The molecule has 0 amide bonds. The second-order valence-corrected chi connectivity index (χ2v) is 7.26. The van der Waals surface area contributed by atoms with Crippen molar-refractivity contribution in [2.45, 2.75) is 25.0 Å². The number of nitrogens with one attached hydrogen (secondary N) is 1. The molecule has 0 aliphatic carbocycles. The minimum atomic E-state index is -3.65. The largest absolute Gasteiger partial charge is 0.392 e. The topological polar surface area (TPSA) is 66.4 Å². The van der Waals surface area contributed by atoms with Crippen LogP contribution in [0.2, 0.25) is 0 Å². The van der Waals surface area contributed by atoms with Gasteiger partial charge in [-0.05, 0) is 51.7 Å². The second kappa shape index (κ2) is 6.70. The van der Waals surface area contributed by atoms with Gasteiger partial charge in [-0.15, -0.1) is 0 Å². The number of halogens is 1. The zero-order valence-corrected chi connectivity index (χ0v) is 13.9. The molecule has 2 aromatic carbocycles. The molecule has 0 fully saturated rings. The highest BCUT2D eigenvalue weighted by molar-refractivity contribution is 9.10. The number of rotatable bonds is 5. The Balaban J connectivity index is 2.25. The van der Waals surface area contributed by atoms with Gasteiger partial charge >= 0.3 is 0 Å². The number of hydrogen-bond acceptors (Lipinski definition) is 3. The molecular weight excluding hydrogens is 354 g/mol. The fourth-order valence-electron chi connectivity index (χ4n) is 1.91. The van der Waals surface area contributed by atoms with Crippen LogP contribution >= 0.6 is 15.9 Å². The van der Waals surface area contributed by atoms with E-state index in [4.69, 9.17) is 5.11 Å². The van der Waals surface area contributed by atoms with Crippen LogP contribution in [-0.4, -0.2) is 13.5 Å². The fraction of sp³-hybridized carbons (Fsp3) is 0.200. The first-order chi connectivity index (χ1) is 9.94. The Hall–Kier alpha value is -1.21. The van der Waals surface area contributed by atoms with Crippen LogP contribution in [0, 0.1) is 6.92 Å². The first kappa shape index (κ1) is 16.2. The third-order valence-corrected chi connectivity index (χ3v) is 5.58. The lowest BCUT2D eigenvalue weighted by Gasteiger charge is -2.11. The van der Waals surface area contributed by atoms with Gasteiger partial charge in [0, 0.05) is 11.0 Å². The predicted octanol–water partition coefficient (Wildman–Crippen LogP) is 2.73. The minimum Gasteiger partial charge on any atom is -0.392 e. The van der Waals surface area contributed by atoms with Crippen molar-refractivity contribution in [3.8, 4) is 0 Å². The Bertz CT molecular complexity index is 744. The summed E-state index contributed by atoms with van der Waals surface area (Å²) in [5, 5.41) is 9.13. The first-order valence-corrected chi connectivity index (χ1v) is 8.65. The molecule has 0 unspecified atom stereocenters. The Labute approximate surface area is 133 Å². The van der Waals surface area contributed by atoms with E-state index in [2.05, 4.69) is 20.7 Å². The van der Waals surface area contributed by atoms with Gasteiger partial charge in [0.1, 0.15) is 0 Å². The summed E-state index contributed by atoms with van der Waals surface area (Å²) < 4.78 is 27.8. The molecule has 0 aliphatic rings. The third kappa shape index (κ3) is 3.91. The van der Waals surface area contributed by atoms with Crippen LogP contribution in [0.1, 0.15) is 16.7 Å². The van der Waals surface area contributed by atoms with E-state index in [1.165, 1.54) is 6.07 Å². The molecule has 2 N–H and O–H groups in total. The van der Waals surface area contributed by atoms with Crippen LogP contribution in [0.15, 0.2) is 51.8 Å². The summed E-state index contributed by atoms with van der Waals surface area (Å²) in [7, 11) is -3.65. The molecule has 0 radical (unpaired) electrons. The van der Waals surface area contributed by atoms with E-state index >= 15 is 0 Å². The number of aryl methyl sites for hydroxylation is 1. The van der Waals surface area contributed by atoms with Crippen LogP contribution < -0.4 is 4.72 Å². The molecule has 21 heavy (non-hydrogen) atoms. The van der Waals surface area contributed by atoms with Gasteiger partial charge < -0.3 is 5.11 Å². The lowest BCUT2D eigenvalue weighted by molar-refractivity contribution is 0.281. The molecule has 4 nitrogen and oxygen atoms in total. The van der Waals surface area contributed by atoms with Gasteiger partial charge in [0.15, 0.2) is 0 Å². The number of sulfonamides is 1. The van der Waals surface area contributed by atoms with E-state index < -0.39 is 10.0 Å². The molecule has 0 spiro atoms. The van der Waals surface area contributed by atoms with Gasteiger partial charge in [-0.25, -0.2) is 13.1 Å². The highest BCUT2D eigenvalue weighted by atomic mass is 79.9. The van der Waals surface area contributed by atoms with Crippen LogP contribution in [-0.2, 0) is 23.2 Å². The molecule has 0 atom stereocenters. The summed E-state index contributed by atoms with van der Waals surface area (Å²) >= 11 is 3.24. The SMILES string of the molecule is Cc1ccccc1CNS(=O)(=O)c1cc(CO)ccc1Br. The van der Waals surface area contributed by atoms with E-state index in [0.717, 1.165) is 11.1 Å². The number of benzene rings is 2. The summed E-state index contributed by atoms with van der Waals surface area (Å²) in [5.41, 5.74) is 2.51. The molecule has 2 rings (SSSR count). The van der Waals surface area contributed by atoms with Crippen molar-refractivity contribution < 1.29 is 13.5 Å². The number of hydrogen-bond donors (Lipinski definition) is 2. The third-order valence-electron chi connectivity index (χ3n) is 3.18. The van der Waals surface area contributed by atoms with Crippen molar-refractivity contribution in [1.82, 2.24) is 4.72 Å². The van der Waals surface area contributed by atoms with Crippen LogP contribution in [0.5, 0.6) is 0 Å². The van der Waals surface area contributed by atoms with E-state index in [-0.39, 0.29) is 18.0 Å². The highest BCUT2D eigenvalue weighted by Gasteiger charge is 2.18. The van der Waals surface area contributed by atoms with E-state index in [1.54, 1.807) is 12.1 Å². The van der Waals surface area contributed by atoms with Crippen molar-refractivity contribution in [2.75, 3.05) is 0 Å². The zero-order valence-electron chi connectivity index (χ0n) is 11.5. The van der Waals surface area contributed by atoms with E-state index in [9.17, 15) is 8.42 Å². The maximum absolute atomic E-state index is 12.4. The quantitative estimate of drug-likeness (QED) is 0.851. The molecule has 0 aromatic heterocycles. The van der Waals surface area contributed by atoms with Crippen molar-refractivity contribution in [2.24, 2.45) is 0 Å². The summed E-state index contributed by atoms with van der Waals surface area (Å²) in [4.78, 5) is 0.127. The lowest BCUT2D eigenvalue weighted by atomic mass is 10.1. The van der Waals surface area contributed by atoms with E-state index in [1.807, 2.05) is 31.2 Å². The van der Waals surface area contributed by atoms with Crippen molar-refractivity contribution in [1.29, 1.82) is 0 Å². The Morgan fingerprint density at radius 2 is 1.90 bits per heavy atom. The summed E-state index contributed by atoms with van der Waals surface area (Å²) in [5.74, 6) is 0. The molecule has 0 bridgehead atoms. The molecule has 112 valence electrons. The lowest BCUT2D eigenvalue weighted by Crippen LogP contribution is -2.24. The van der Waals surface area contributed by atoms with Crippen LogP contribution in [0.3, 0.4) is 0 Å². The maximum Gasteiger partial charge on any atom is 0.242 e. The van der Waals surface area contributed by atoms with Gasteiger partial charge in [-0.3, -0.25) is 0 Å². The number of aliphatic hydroxyl groups is 1. The predicted molar refractivity (Wildman–Crippen MR) is 85.3 cm³/mol. The smallest absolute Gasteiger partial charge is 0.242 e. The summed E-state index contributed by atoms with van der Waals surface area (Å²) in [6, 6.07) is 12.4. The molecular formula is C15H16BrNO3S. The van der Waals surface area contributed by atoms with Gasteiger partial charge in [-0.2, -0.15) is 0 Å². The normalized spacial score (nSPS) is 11.6. The molecule has 0 aliphatic heterocycles. The van der Waals surface area contributed by atoms with Gasteiger partial charge in [0.2, 0.25) is 10.0 Å². The molecule has 2 aromatic rings. The van der Waals surface area contributed by atoms with Crippen molar-refractivity contribution in [3.05, 3.63) is 63.6 Å². The molecule has 0 heterocycles. The molecule has 0 saturated heterocycles. The van der Waals surface area contributed by atoms with Gasteiger partial charge in [0.05, 0.1) is 11.5 Å². The average molecular weight is 370 g/mol. The van der Waals surface area contributed by atoms with Crippen LogP contribution in [0.4, 0.5) is 0 Å². The Morgan fingerprint density at radius 3 is 2.57 bits per heavy atom. The van der Waals surface area contributed by atoms with Crippen molar-refractivity contribution >= 4 is 26.0 Å². The highest BCUT2D eigenvalue weighted by Crippen LogP contribution is 2.23. The standard InChI is InChI=1S/C15H16BrNO3S/c1-11-4-2-3-5-13(11)9-17-21(19,20)15-8-12(10-18)6-7-14(15)16/h2-8,17-18H,9-10H2,1H3. The van der Waals surface area contributed by atoms with Gasteiger partial charge in [-0.1, -0.05) is 30.3 Å². The van der Waals surface area contributed by atoms with E-state index in [0.29, 0.717) is 10.0 Å².